The summed E-state index contributed by atoms with van der Waals surface area (Å²) in [5, 5.41) is 13.6. The first-order chi connectivity index (χ1) is 11.0. The molecule has 2 aromatic rings. The summed E-state index contributed by atoms with van der Waals surface area (Å²) in [5.74, 6) is -0.772. The minimum Gasteiger partial charge on any atom is -0.392 e. The third-order valence-electron chi connectivity index (χ3n) is 4.45. The number of para-hydroxylation sites is 1. The van der Waals surface area contributed by atoms with Crippen LogP contribution in [0.25, 0.3) is 10.9 Å². The van der Waals surface area contributed by atoms with Gasteiger partial charge in [-0.1, -0.05) is 24.6 Å². The molecule has 3 rings (SSSR count). The van der Waals surface area contributed by atoms with Crippen LogP contribution >= 0.6 is 0 Å². The van der Waals surface area contributed by atoms with Crippen molar-refractivity contribution in [2.45, 2.75) is 44.5 Å². The first kappa shape index (κ1) is 16.1. The monoisotopic (exact) mass is 324 g/mol. The van der Waals surface area contributed by atoms with Gasteiger partial charge in [0.25, 0.3) is 0 Å². The SMILES string of the molecule is OCc1cc2ccccc2nc1NC1CCCC(C(F)(F)F)C1. The Morgan fingerprint density at radius 1 is 1.22 bits per heavy atom. The molecule has 1 aliphatic rings. The number of aliphatic hydroxyl groups is 1. The fraction of sp³-hybridized carbons (Fsp3) is 0.471. The summed E-state index contributed by atoms with van der Waals surface area (Å²) in [6, 6.07) is 9.04. The average Bonchev–Trinajstić information content (AvgIpc) is 2.53. The lowest BCUT2D eigenvalue weighted by Crippen LogP contribution is -2.35. The van der Waals surface area contributed by atoms with Gasteiger partial charge in [-0.2, -0.15) is 13.2 Å². The van der Waals surface area contributed by atoms with Gasteiger partial charge in [0.1, 0.15) is 5.82 Å². The lowest BCUT2D eigenvalue weighted by molar-refractivity contribution is -0.182. The second kappa shape index (κ2) is 6.35. The highest BCUT2D eigenvalue weighted by Crippen LogP contribution is 2.38. The van der Waals surface area contributed by atoms with Gasteiger partial charge in [-0.3, -0.25) is 0 Å². The summed E-state index contributed by atoms with van der Waals surface area (Å²) in [5.41, 5.74) is 1.37. The van der Waals surface area contributed by atoms with E-state index in [4.69, 9.17) is 0 Å². The van der Waals surface area contributed by atoms with E-state index in [2.05, 4.69) is 10.3 Å². The average molecular weight is 324 g/mol. The molecule has 124 valence electrons. The fourth-order valence-electron chi connectivity index (χ4n) is 3.22. The van der Waals surface area contributed by atoms with Crippen molar-refractivity contribution < 1.29 is 18.3 Å². The number of alkyl halides is 3. The number of pyridine rings is 1. The quantitative estimate of drug-likeness (QED) is 0.887. The largest absolute Gasteiger partial charge is 0.392 e. The normalized spacial score (nSPS) is 22.3. The maximum atomic E-state index is 12.9. The number of rotatable bonds is 3. The van der Waals surface area contributed by atoms with Crippen molar-refractivity contribution in [3.63, 3.8) is 0 Å². The van der Waals surface area contributed by atoms with E-state index >= 15 is 0 Å². The lowest BCUT2D eigenvalue weighted by Gasteiger charge is -2.31. The number of anilines is 1. The maximum absolute atomic E-state index is 12.9. The molecule has 3 nitrogen and oxygen atoms in total. The van der Waals surface area contributed by atoms with Gasteiger partial charge >= 0.3 is 6.18 Å². The Morgan fingerprint density at radius 2 is 2.00 bits per heavy atom. The highest BCUT2D eigenvalue weighted by Gasteiger charge is 2.42. The molecular formula is C17H19F3N2O. The van der Waals surface area contributed by atoms with E-state index in [0.717, 1.165) is 10.9 Å². The summed E-state index contributed by atoms with van der Waals surface area (Å²) in [4.78, 5) is 4.47. The molecule has 2 N–H and O–H groups in total. The molecule has 1 aliphatic carbocycles. The topological polar surface area (TPSA) is 45.2 Å². The Hall–Kier alpha value is -1.82. The first-order valence-corrected chi connectivity index (χ1v) is 7.80. The number of aliphatic hydroxyl groups excluding tert-OH is 1. The van der Waals surface area contributed by atoms with Gasteiger partial charge in [-0.15, -0.1) is 0 Å². The second-order valence-corrected chi connectivity index (χ2v) is 6.09. The van der Waals surface area contributed by atoms with E-state index in [0.29, 0.717) is 24.2 Å². The predicted octanol–water partition coefficient (Wildman–Crippen LogP) is 4.26. The number of benzene rings is 1. The van der Waals surface area contributed by atoms with Crippen LogP contribution in [0.3, 0.4) is 0 Å². The van der Waals surface area contributed by atoms with Crippen LogP contribution in [0.15, 0.2) is 30.3 Å². The molecule has 0 aliphatic heterocycles. The fourth-order valence-corrected chi connectivity index (χ4v) is 3.22. The smallest absolute Gasteiger partial charge is 0.391 e. The molecule has 1 aromatic carbocycles. The number of nitrogens with one attached hydrogen (secondary N) is 1. The Kier molecular flexibility index (Phi) is 4.43. The number of hydrogen-bond donors (Lipinski definition) is 2. The van der Waals surface area contributed by atoms with Gasteiger partial charge in [0.15, 0.2) is 0 Å². The molecule has 0 spiro atoms. The highest BCUT2D eigenvalue weighted by molar-refractivity contribution is 5.81. The summed E-state index contributed by atoms with van der Waals surface area (Å²) in [6.07, 6.45) is -2.66. The van der Waals surface area contributed by atoms with Crippen LogP contribution in [0.1, 0.15) is 31.2 Å². The van der Waals surface area contributed by atoms with Crippen molar-refractivity contribution in [2.75, 3.05) is 5.32 Å². The van der Waals surface area contributed by atoms with Gasteiger partial charge in [-0.05, 0) is 31.4 Å². The lowest BCUT2D eigenvalue weighted by atomic mass is 9.85. The van der Waals surface area contributed by atoms with Crippen LogP contribution in [-0.4, -0.2) is 22.3 Å². The summed E-state index contributed by atoms with van der Waals surface area (Å²) >= 11 is 0. The summed E-state index contributed by atoms with van der Waals surface area (Å²) < 4.78 is 38.8. The molecule has 2 unspecified atom stereocenters. The second-order valence-electron chi connectivity index (χ2n) is 6.09. The van der Waals surface area contributed by atoms with Gasteiger partial charge in [0.2, 0.25) is 0 Å². The van der Waals surface area contributed by atoms with Crippen LogP contribution < -0.4 is 5.32 Å². The zero-order valence-electron chi connectivity index (χ0n) is 12.6. The summed E-state index contributed by atoms with van der Waals surface area (Å²) in [6.45, 7) is -0.199. The van der Waals surface area contributed by atoms with Crippen LogP contribution in [0.2, 0.25) is 0 Å². The molecular weight excluding hydrogens is 305 g/mol. The van der Waals surface area contributed by atoms with Crippen molar-refractivity contribution in [1.29, 1.82) is 0 Å². The van der Waals surface area contributed by atoms with E-state index in [1.165, 1.54) is 0 Å². The number of halogens is 3. The van der Waals surface area contributed by atoms with Crippen LogP contribution in [-0.2, 0) is 6.61 Å². The number of aromatic nitrogens is 1. The molecule has 23 heavy (non-hydrogen) atoms. The molecule has 1 saturated carbocycles. The number of fused-ring (bicyclic) bond motifs is 1. The number of nitrogens with zero attached hydrogens (tertiary/aromatic N) is 1. The van der Waals surface area contributed by atoms with Crippen molar-refractivity contribution >= 4 is 16.7 Å². The highest BCUT2D eigenvalue weighted by atomic mass is 19.4. The standard InChI is InChI=1S/C17H19F3N2O/c18-17(19,20)13-5-3-6-14(9-13)21-16-12(10-23)8-11-4-1-2-7-15(11)22-16/h1-2,4,7-8,13-14,23H,3,5-6,9-10H2,(H,21,22). The third kappa shape index (κ3) is 3.58. The van der Waals surface area contributed by atoms with Crippen LogP contribution in [0, 0.1) is 5.92 Å². The molecule has 1 heterocycles. The minimum absolute atomic E-state index is 0.0584. The van der Waals surface area contributed by atoms with Crippen LogP contribution in [0.5, 0.6) is 0 Å². The molecule has 1 fully saturated rings. The first-order valence-electron chi connectivity index (χ1n) is 7.80. The van der Waals surface area contributed by atoms with E-state index < -0.39 is 12.1 Å². The maximum Gasteiger partial charge on any atom is 0.391 e. The van der Waals surface area contributed by atoms with Gasteiger partial charge in [0, 0.05) is 17.0 Å². The van der Waals surface area contributed by atoms with Crippen LogP contribution in [0.4, 0.5) is 19.0 Å². The Bertz CT molecular complexity index is 687. The Morgan fingerprint density at radius 3 is 2.74 bits per heavy atom. The zero-order chi connectivity index (χ0) is 16.4. The van der Waals surface area contributed by atoms with E-state index in [1.807, 2.05) is 30.3 Å². The van der Waals surface area contributed by atoms with E-state index in [1.54, 1.807) is 0 Å². The molecule has 0 amide bonds. The molecule has 2 atom stereocenters. The van der Waals surface area contributed by atoms with E-state index in [-0.39, 0.29) is 25.5 Å². The molecule has 0 saturated heterocycles. The van der Waals surface area contributed by atoms with Crippen molar-refractivity contribution in [3.8, 4) is 0 Å². The Labute approximate surface area is 132 Å². The van der Waals surface area contributed by atoms with E-state index in [9.17, 15) is 18.3 Å². The molecule has 1 aromatic heterocycles. The Balaban J connectivity index is 1.83. The molecule has 0 radical (unpaired) electrons. The number of hydrogen-bond acceptors (Lipinski definition) is 3. The third-order valence-corrected chi connectivity index (χ3v) is 4.45. The van der Waals surface area contributed by atoms with Gasteiger partial charge < -0.3 is 10.4 Å². The molecule has 0 bridgehead atoms. The van der Waals surface area contributed by atoms with Crippen molar-refractivity contribution in [3.05, 3.63) is 35.9 Å². The molecule has 6 heteroatoms. The zero-order valence-corrected chi connectivity index (χ0v) is 12.6. The van der Waals surface area contributed by atoms with Gasteiger partial charge in [0.05, 0.1) is 18.0 Å². The van der Waals surface area contributed by atoms with Crippen molar-refractivity contribution in [1.82, 2.24) is 4.98 Å². The minimum atomic E-state index is -4.14. The van der Waals surface area contributed by atoms with Crippen molar-refractivity contribution in [2.24, 2.45) is 5.92 Å². The predicted molar refractivity (Wildman–Crippen MR) is 83.1 cm³/mol. The van der Waals surface area contributed by atoms with Gasteiger partial charge in [-0.25, -0.2) is 4.98 Å². The summed E-state index contributed by atoms with van der Waals surface area (Å²) in [7, 11) is 0.